The normalized spacial score (nSPS) is 22.7. The highest BCUT2D eigenvalue weighted by Gasteiger charge is 2.25. The van der Waals surface area contributed by atoms with Crippen LogP contribution in [0.15, 0.2) is 24.3 Å². The van der Waals surface area contributed by atoms with Gasteiger partial charge in [0.2, 0.25) is 0 Å². The Morgan fingerprint density at radius 3 is 2.00 bits per heavy atom. The fourth-order valence-corrected chi connectivity index (χ4v) is 5.24. The SMILES string of the molecule is CC.CC(=O)C(CCI)Cc1cccc(O)c1.CC(=O)C1CC1.CC1CCCC(C)CC(C)CC1. The molecule has 0 spiro atoms. The maximum absolute atomic E-state index is 11.4. The first kappa shape index (κ1) is 34.1. The molecule has 202 valence electrons. The molecule has 1 N–H and O–H groups in total. The summed E-state index contributed by atoms with van der Waals surface area (Å²) in [7, 11) is 0. The molecule has 0 heterocycles. The van der Waals surface area contributed by atoms with Crippen molar-refractivity contribution in [3.8, 4) is 5.75 Å². The van der Waals surface area contributed by atoms with Gasteiger partial charge in [0.25, 0.3) is 0 Å². The largest absolute Gasteiger partial charge is 0.508 e. The first-order chi connectivity index (χ1) is 16.6. The van der Waals surface area contributed by atoms with Crippen molar-refractivity contribution in [2.45, 2.75) is 113 Å². The van der Waals surface area contributed by atoms with Crippen LogP contribution in [0.4, 0.5) is 0 Å². The lowest BCUT2D eigenvalue weighted by molar-refractivity contribution is -0.121. The van der Waals surface area contributed by atoms with E-state index in [1.54, 1.807) is 26.0 Å². The molecule has 0 amide bonds. The van der Waals surface area contributed by atoms with Gasteiger partial charge in [-0.3, -0.25) is 9.59 Å². The van der Waals surface area contributed by atoms with Crippen LogP contribution in [0.2, 0.25) is 0 Å². The van der Waals surface area contributed by atoms with Gasteiger partial charge >= 0.3 is 0 Å². The zero-order valence-electron chi connectivity index (χ0n) is 23.6. The summed E-state index contributed by atoms with van der Waals surface area (Å²) < 4.78 is 0.987. The van der Waals surface area contributed by atoms with Crippen molar-refractivity contribution in [3.63, 3.8) is 0 Å². The van der Waals surface area contributed by atoms with Crippen LogP contribution < -0.4 is 0 Å². The molecule has 4 heteroatoms. The molecule has 0 aliphatic heterocycles. The van der Waals surface area contributed by atoms with Gasteiger partial charge in [0.1, 0.15) is 17.3 Å². The number of carbonyl (C=O) groups excluding carboxylic acids is 2. The van der Waals surface area contributed by atoms with E-state index in [-0.39, 0.29) is 17.5 Å². The number of halogens is 1. The summed E-state index contributed by atoms with van der Waals surface area (Å²) in [4.78, 5) is 21.6. The summed E-state index contributed by atoms with van der Waals surface area (Å²) in [6, 6.07) is 7.13. The van der Waals surface area contributed by atoms with Gasteiger partial charge in [-0.05, 0) is 81.4 Å². The number of carbonyl (C=O) groups is 2. The van der Waals surface area contributed by atoms with Crippen molar-refractivity contribution < 1.29 is 14.7 Å². The van der Waals surface area contributed by atoms with E-state index in [0.717, 1.165) is 53.4 Å². The van der Waals surface area contributed by atoms with Gasteiger partial charge < -0.3 is 5.11 Å². The Bertz CT molecular complexity index is 698. The number of alkyl halides is 1. The number of benzene rings is 1. The summed E-state index contributed by atoms with van der Waals surface area (Å²) in [5, 5.41) is 9.31. The highest BCUT2D eigenvalue weighted by molar-refractivity contribution is 14.1. The molecule has 0 saturated heterocycles. The van der Waals surface area contributed by atoms with Gasteiger partial charge in [0.15, 0.2) is 0 Å². The second kappa shape index (κ2) is 20.2. The molecule has 2 aliphatic carbocycles. The highest BCUT2D eigenvalue weighted by atomic mass is 127. The number of phenols is 1. The van der Waals surface area contributed by atoms with Gasteiger partial charge in [-0.1, -0.05) is 101 Å². The van der Waals surface area contributed by atoms with Gasteiger partial charge in [-0.15, -0.1) is 0 Å². The fourth-order valence-electron chi connectivity index (χ4n) is 4.49. The third-order valence-corrected chi connectivity index (χ3v) is 7.55. The van der Waals surface area contributed by atoms with Crippen LogP contribution in [0.5, 0.6) is 5.75 Å². The van der Waals surface area contributed by atoms with E-state index in [0.29, 0.717) is 11.7 Å². The lowest BCUT2D eigenvalue weighted by Crippen LogP contribution is -2.14. The monoisotopic (exact) mass is 600 g/mol. The minimum atomic E-state index is 0.0868. The Labute approximate surface area is 230 Å². The van der Waals surface area contributed by atoms with Crippen LogP contribution in [0.25, 0.3) is 0 Å². The van der Waals surface area contributed by atoms with E-state index >= 15 is 0 Å². The Morgan fingerprint density at radius 1 is 0.943 bits per heavy atom. The molecule has 4 atom stereocenters. The third-order valence-electron chi connectivity index (χ3n) is 6.93. The fraction of sp³-hybridized carbons (Fsp3) is 0.742. The highest BCUT2D eigenvalue weighted by Crippen LogP contribution is 2.29. The lowest BCUT2D eigenvalue weighted by atomic mass is 9.92. The summed E-state index contributed by atoms with van der Waals surface area (Å²) in [6.45, 7) is 14.6. The third kappa shape index (κ3) is 18.1. The van der Waals surface area contributed by atoms with Crippen LogP contribution in [0, 0.1) is 29.6 Å². The van der Waals surface area contributed by atoms with Crippen LogP contribution in [-0.4, -0.2) is 21.1 Å². The molecule has 0 bridgehead atoms. The molecular weight excluding hydrogens is 547 g/mol. The topological polar surface area (TPSA) is 54.4 Å². The molecule has 4 unspecified atom stereocenters. The number of Topliss-reactive ketones (excluding diaryl/α,β-unsaturated/α-hetero) is 2. The standard InChI is InChI=1S/C12H15IO2.C12H24.C5H8O.C2H6/c1-9(14)11(5-6-13)7-10-3-2-4-12(15)8-10;1-10-5-4-6-11(2)9-12(3)8-7-10;1-4(6)5-2-3-5;1-2/h2-4,8,11,15H,5-7H2,1H3;10-12H,4-9H2,1-3H3;5H,2-3H2,1H3;1-2H3. The van der Waals surface area contributed by atoms with Crippen molar-refractivity contribution in [1.29, 1.82) is 0 Å². The average Bonchev–Trinajstić information content (AvgIpc) is 3.65. The first-order valence-electron chi connectivity index (χ1n) is 14.0. The van der Waals surface area contributed by atoms with Crippen molar-refractivity contribution >= 4 is 34.2 Å². The maximum Gasteiger partial charge on any atom is 0.133 e. The number of hydrogen-bond acceptors (Lipinski definition) is 3. The van der Waals surface area contributed by atoms with E-state index in [2.05, 4.69) is 43.4 Å². The maximum atomic E-state index is 11.4. The van der Waals surface area contributed by atoms with Gasteiger partial charge in [0.05, 0.1) is 0 Å². The number of aromatic hydroxyl groups is 1. The van der Waals surface area contributed by atoms with Crippen LogP contribution in [0.3, 0.4) is 0 Å². The van der Waals surface area contributed by atoms with E-state index in [9.17, 15) is 14.7 Å². The number of hydrogen-bond donors (Lipinski definition) is 1. The van der Waals surface area contributed by atoms with Crippen molar-refractivity contribution in [1.82, 2.24) is 0 Å². The summed E-state index contributed by atoms with van der Waals surface area (Å²) in [6.07, 6.45) is 12.7. The molecular formula is C31H53IO3. The average molecular weight is 601 g/mol. The minimum Gasteiger partial charge on any atom is -0.508 e. The predicted octanol–water partition coefficient (Wildman–Crippen LogP) is 9.23. The molecule has 0 aromatic heterocycles. The Kier molecular flexibility index (Phi) is 19.7. The summed E-state index contributed by atoms with van der Waals surface area (Å²) in [5.41, 5.74) is 1.03. The second-order valence-corrected chi connectivity index (χ2v) is 11.7. The Morgan fingerprint density at radius 2 is 1.51 bits per heavy atom. The van der Waals surface area contributed by atoms with E-state index in [1.165, 1.54) is 38.5 Å². The molecule has 3 nitrogen and oxygen atoms in total. The minimum absolute atomic E-state index is 0.0868. The van der Waals surface area contributed by atoms with Gasteiger partial charge in [0, 0.05) is 16.3 Å². The summed E-state index contributed by atoms with van der Waals surface area (Å²) >= 11 is 2.28. The molecule has 2 saturated carbocycles. The quantitative estimate of drug-likeness (QED) is 0.262. The van der Waals surface area contributed by atoms with E-state index in [4.69, 9.17) is 0 Å². The Hall–Kier alpha value is -0.910. The molecule has 0 radical (unpaired) electrons. The van der Waals surface area contributed by atoms with E-state index < -0.39 is 0 Å². The van der Waals surface area contributed by atoms with Gasteiger partial charge in [-0.2, -0.15) is 0 Å². The second-order valence-electron chi connectivity index (χ2n) is 10.6. The molecule has 35 heavy (non-hydrogen) atoms. The zero-order chi connectivity index (χ0) is 26.8. The lowest BCUT2D eigenvalue weighted by Gasteiger charge is -2.14. The van der Waals surface area contributed by atoms with Crippen LogP contribution in [0.1, 0.15) is 112 Å². The van der Waals surface area contributed by atoms with Crippen molar-refractivity contribution in [2.24, 2.45) is 29.6 Å². The smallest absolute Gasteiger partial charge is 0.133 e. The number of rotatable bonds is 6. The molecule has 1 aromatic rings. The molecule has 2 fully saturated rings. The van der Waals surface area contributed by atoms with Crippen molar-refractivity contribution in [3.05, 3.63) is 29.8 Å². The molecule has 3 rings (SSSR count). The molecule has 2 aliphatic rings. The van der Waals surface area contributed by atoms with Crippen LogP contribution >= 0.6 is 22.6 Å². The predicted molar refractivity (Wildman–Crippen MR) is 159 cm³/mol. The van der Waals surface area contributed by atoms with E-state index in [1.807, 2.05) is 26.0 Å². The van der Waals surface area contributed by atoms with Crippen molar-refractivity contribution in [2.75, 3.05) is 4.43 Å². The number of ketones is 2. The molecule has 1 aromatic carbocycles. The number of phenolic OH excluding ortho intramolecular Hbond substituents is 1. The summed E-state index contributed by atoms with van der Waals surface area (Å²) in [5.74, 6) is 4.35. The van der Waals surface area contributed by atoms with Crippen LogP contribution in [-0.2, 0) is 16.0 Å². The zero-order valence-corrected chi connectivity index (χ0v) is 25.8. The van der Waals surface area contributed by atoms with Gasteiger partial charge in [-0.25, -0.2) is 0 Å². The first-order valence-corrected chi connectivity index (χ1v) is 15.5. The Balaban J connectivity index is 0.000000513.